The van der Waals surface area contributed by atoms with Crippen molar-refractivity contribution in [1.82, 2.24) is 20.2 Å². The van der Waals surface area contributed by atoms with Crippen LogP contribution in [0.25, 0.3) is 5.69 Å². The summed E-state index contributed by atoms with van der Waals surface area (Å²) in [6, 6.07) is 13.5. The lowest BCUT2D eigenvalue weighted by Gasteiger charge is -2.30. The van der Waals surface area contributed by atoms with E-state index in [4.69, 9.17) is 0 Å². The Bertz CT molecular complexity index is 914. The third kappa shape index (κ3) is 3.81. The number of carbonyl (C=O) groups is 1. The van der Waals surface area contributed by atoms with Crippen LogP contribution in [0, 0.1) is 6.92 Å². The van der Waals surface area contributed by atoms with Gasteiger partial charge in [-0.25, -0.2) is 4.68 Å². The first-order chi connectivity index (χ1) is 13.2. The summed E-state index contributed by atoms with van der Waals surface area (Å²) in [4.78, 5) is 15.1. The first-order valence-electron chi connectivity index (χ1n) is 9.21. The van der Waals surface area contributed by atoms with Crippen LogP contribution in [0.1, 0.15) is 35.2 Å². The monoisotopic (exact) mass is 362 g/mol. The van der Waals surface area contributed by atoms with Crippen LogP contribution in [0.2, 0.25) is 0 Å². The van der Waals surface area contributed by atoms with Gasteiger partial charge < -0.3 is 10.2 Å². The highest BCUT2D eigenvalue weighted by atomic mass is 16.1. The van der Waals surface area contributed by atoms with Gasteiger partial charge >= 0.3 is 0 Å². The van der Waals surface area contributed by atoms with Gasteiger partial charge in [-0.2, -0.15) is 0 Å². The van der Waals surface area contributed by atoms with Gasteiger partial charge in [0.15, 0.2) is 0 Å². The maximum absolute atomic E-state index is 12.8. The fraction of sp³-hybridized carbons (Fsp3) is 0.300. The average Bonchev–Trinajstić information content (AvgIpc) is 3.24. The standard InChI is InChI=1S/C20H22N6O/c1-15-5-7-16(8-6-15)20(27)22-18-13-17(26-14-21-23-24-26)9-10-19(18)25-11-3-2-4-12-25/h5-10,13-14H,2-4,11-12H2,1H3,(H,22,27). The third-order valence-corrected chi connectivity index (χ3v) is 4.85. The molecule has 7 nitrogen and oxygen atoms in total. The number of piperidine rings is 1. The lowest BCUT2D eigenvalue weighted by atomic mass is 10.1. The predicted molar refractivity (Wildman–Crippen MR) is 104 cm³/mol. The van der Waals surface area contributed by atoms with Gasteiger partial charge in [0.1, 0.15) is 6.33 Å². The summed E-state index contributed by atoms with van der Waals surface area (Å²) < 4.78 is 1.58. The first-order valence-corrected chi connectivity index (χ1v) is 9.21. The molecule has 7 heteroatoms. The van der Waals surface area contributed by atoms with Crippen molar-refractivity contribution in [2.24, 2.45) is 0 Å². The van der Waals surface area contributed by atoms with Crippen LogP contribution in [0.3, 0.4) is 0 Å². The zero-order valence-corrected chi connectivity index (χ0v) is 15.3. The molecule has 3 aromatic rings. The highest BCUT2D eigenvalue weighted by molar-refractivity contribution is 6.06. The fourth-order valence-electron chi connectivity index (χ4n) is 3.36. The van der Waals surface area contributed by atoms with Crippen molar-refractivity contribution in [3.8, 4) is 5.69 Å². The van der Waals surface area contributed by atoms with Crippen LogP contribution in [0.15, 0.2) is 48.8 Å². The van der Waals surface area contributed by atoms with E-state index >= 15 is 0 Å². The molecule has 0 radical (unpaired) electrons. The second-order valence-corrected chi connectivity index (χ2v) is 6.82. The molecule has 1 saturated heterocycles. The minimum absolute atomic E-state index is 0.123. The molecular formula is C20H22N6O. The molecule has 0 aliphatic carbocycles. The molecule has 4 rings (SSSR count). The number of aromatic nitrogens is 4. The number of tetrazole rings is 1. The summed E-state index contributed by atoms with van der Waals surface area (Å²) in [6.45, 7) is 4.00. The summed E-state index contributed by atoms with van der Waals surface area (Å²) >= 11 is 0. The normalized spacial score (nSPS) is 14.2. The lowest BCUT2D eigenvalue weighted by molar-refractivity contribution is 0.102. The molecule has 1 aliphatic heterocycles. The van der Waals surface area contributed by atoms with Gasteiger partial charge in [0.05, 0.1) is 17.1 Å². The number of carbonyl (C=O) groups excluding carboxylic acids is 1. The molecule has 1 aliphatic rings. The number of benzene rings is 2. The Morgan fingerprint density at radius 1 is 1.04 bits per heavy atom. The van der Waals surface area contributed by atoms with Gasteiger partial charge in [0, 0.05) is 18.7 Å². The summed E-state index contributed by atoms with van der Waals surface area (Å²) in [5.41, 5.74) is 4.38. The van der Waals surface area contributed by atoms with Gasteiger partial charge in [-0.15, -0.1) is 5.10 Å². The SMILES string of the molecule is Cc1ccc(C(=O)Nc2cc(-n3cnnn3)ccc2N2CCCCC2)cc1. The summed E-state index contributed by atoms with van der Waals surface area (Å²) in [7, 11) is 0. The van der Waals surface area contributed by atoms with E-state index in [-0.39, 0.29) is 5.91 Å². The number of hydrogen-bond acceptors (Lipinski definition) is 5. The van der Waals surface area contributed by atoms with E-state index in [1.54, 1.807) is 11.0 Å². The highest BCUT2D eigenvalue weighted by Crippen LogP contribution is 2.31. The van der Waals surface area contributed by atoms with Crippen LogP contribution >= 0.6 is 0 Å². The number of nitrogens with one attached hydrogen (secondary N) is 1. The zero-order valence-electron chi connectivity index (χ0n) is 15.3. The van der Waals surface area contributed by atoms with E-state index in [1.165, 1.54) is 19.3 Å². The molecule has 2 aromatic carbocycles. The highest BCUT2D eigenvalue weighted by Gasteiger charge is 2.17. The number of anilines is 2. The number of amides is 1. The van der Waals surface area contributed by atoms with Crippen LogP contribution in [-0.4, -0.2) is 39.2 Å². The van der Waals surface area contributed by atoms with Crippen molar-refractivity contribution in [2.75, 3.05) is 23.3 Å². The van der Waals surface area contributed by atoms with Crippen molar-refractivity contribution in [2.45, 2.75) is 26.2 Å². The van der Waals surface area contributed by atoms with Gasteiger partial charge in [0.2, 0.25) is 0 Å². The van der Waals surface area contributed by atoms with E-state index in [1.807, 2.05) is 49.4 Å². The zero-order chi connectivity index (χ0) is 18.6. The predicted octanol–water partition coefficient (Wildman–Crippen LogP) is 3.21. The fourth-order valence-corrected chi connectivity index (χ4v) is 3.36. The molecule has 0 bridgehead atoms. The molecule has 0 saturated carbocycles. The average molecular weight is 362 g/mol. The van der Waals surface area contributed by atoms with Crippen molar-refractivity contribution >= 4 is 17.3 Å². The molecule has 0 atom stereocenters. The topological polar surface area (TPSA) is 75.9 Å². The summed E-state index contributed by atoms with van der Waals surface area (Å²) in [6.07, 6.45) is 5.13. The van der Waals surface area contributed by atoms with Crippen LogP contribution in [0.4, 0.5) is 11.4 Å². The Morgan fingerprint density at radius 2 is 1.81 bits per heavy atom. The molecule has 1 fully saturated rings. The van der Waals surface area contributed by atoms with Crippen LogP contribution in [-0.2, 0) is 0 Å². The maximum atomic E-state index is 12.8. The Balaban J connectivity index is 1.67. The second-order valence-electron chi connectivity index (χ2n) is 6.82. The Kier molecular flexibility index (Phi) is 4.82. The Labute approximate surface area is 158 Å². The molecule has 1 N–H and O–H groups in total. The number of hydrogen-bond donors (Lipinski definition) is 1. The van der Waals surface area contributed by atoms with E-state index in [9.17, 15) is 4.79 Å². The minimum Gasteiger partial charge on any atom is -0.370 e. The van der Waals surface area contributed by atoms with Gasteiger partial charge in [-0.1, -0.05) is 17.7 Å². The van der Waals surface area contributed by atoms with Crippen molar-refractivity contribution in [3.05, 3.63) is 59.9 Å². The third-order valence-electron chi connectivity index (χ3n) is 4.85. The van der Waals surface area contributed by atoms with E-state index in [0.29, 0.717) is 5.56 Å². The number of nitrogens with zero attached hydrogens (tertiary/aromatic N) is 5. The van der Waals surface area contributed by atoms with E-state index < -0.39 is 0 Å². The molecule has 1 aromatic heterocycles. The van der Waals surface area contributed by atoms with Crippen molar-refractivity contribution in [1.29, 1.82) is 0 Å². The van der Waals surface area contributed by atoms with Crippen LogP contribution < -0.4 is 10.2 Å². The minimum atomic E-state index is -0.123. The van der Waals surface area contributed by atoms with E-state index in [2.05, 4.69) is 25.7 Å². The number of rotatable bonds is 4. The molecule has 0 spiro atoms. The summed E-state index contributed by atoms with van der Waals surface area (Å²) in [5.74, 6) is -0.123. The Morgan fingerprint density at radius 3 is 2.52 bits per heavy atom. The number of aryl methyl sites for hydroxylation is 1. The molecule has 0 unspecified atom stereocenters. The van der Waals surface area contributed by atoms with E-state index in [0.717, 1.165) is 35.7 Å². The molecule has 2 heterocycles. The summed E-state index contributed by atoms with van der Waals surface area (Å²) in [5, 5.41) is 14.4. The quantitative estimate of drug-likeness (QED) is 0.771. The van der Waals surface area contributed by atoms with Gasteiger partial charge in [0.25, 0.3) is 5.91 Å². The maximum Gasteiger partial charge on any atom is 0.255 e. The molecule has 1 amide bonds. The van der Waals surface area contributed by atoms with Gasteiger partial charge in [-0.05, 0) is 66.9 Å². The second kappa shape index (κ2) is 7.57. The molecule has 138 valence electrons. The van der Waals surface area contributed by atoms with Crippen molar-refractivity contribution in [3.63, 3.8) is 0 Å². The molecular weight excluding hydrogens is 340 g/mol. The Hall–Kier alpha value is -3.22. The van der Waals surface area contributed by atoms with Crippen LogP contribution in [0.5, 0.6) is 0 Å². The smallest absolute Gasteiger partial charge is 0.255 e. The lowest BCUT2D eigenvalue weighted by Crippen LogP contribution is -2.30. The molecule has 27 heavy (non-hydrogen) atoms. The first kappa shape index (κ1) is 17.2. The van der Waals surface area contributed by atoms with Crippen molar-refractivity contribution < 1.29 is 4.79 Å². The largest absolute Gasteiger partial charge is 0.370 e. The van der Waals surface area contributed by atoms with Gasteiger partial charge in [-0.3, -0.25) is 4.79 Å².